The molecule has 0 aliphatic rings. The first kappa shape index (κ1) is 13.3. The molecule has 0 aromatic carbocycles. The second-order valence-corrected chi connectivity index (χ2v) is 5.21. The standard InChI is InChI=1S/C11H24N2O/c1-8(2)10(3,4)11(5,6)13-9(14)12-7/h8H,1-7H3,(H2,12,13,14). The average Bonchev–Trinajstić information content (AvgIpc) is 2.02. The maximum Gasteiger partial charge on any atom is 0.314 e. The molecule has 0 aromatic heterocycles. The van der Waals surface area contributed by atoms with E-state index >= 15 is 0 Å². The highest BCUT2D eigenvalue weighted by Crippen LogP contribution is 2.37. The molecule has 0 bridgehead atoms. The Morgan fingerprint density at radius 1 is 1.14 bits per heavy atom. The molecule has 0 spiro atoms. The number of amides is 2. The van der Waals surface area contributed by atoms with E-state index in [0.29, 0.717) is 5.92 Å². The smallest absolute Gasteiger partial charge is 0.314 e. The third-order valence-electron chi connectivity index (χ3n) is 3.71. The Kier molecular flexibility index (Phi) is 3.98. The number of nitrogens with one attached hydrogen (secondary N) is 2. The van der Waals surface area contributed by atoms with E-state index in [2.05, 4.69) is 52.2 Å². The molecule has 14 heavy (non-hydrogen) atoms. The summed E-state index contributed by atoms with van der Waals surface area (Å²) in [5.41, 5.74) is -0.166. The second kappa shape index (κ2) is 4.20. The number of carbonyl (C=O) groups excluding carboxylic acids is 1. The zero-order chi connectivity index (χ0) is 11.6. The molecule has 0 heterocycles. The van der Waals surface area contributed by atoms with E-state index in [1.54, 1.807) is 7.05 Å². The van der Waals surface area contributed by atoms with Gasteiger partial charge in [0.05, 0.1) is 0 Å². The normalized spacial score (nSPS) is 12.9. The fourth-order valence-electron chi connectivity index (χ4n) is 1.23. The van der Waals surface area contributed by atoms with Crippen molar-refractivity contribution in [2.24, 2.45) is 11.3 Å². The first-order valence-electron chi connectivity index (χ1n) is 5.15. The summed E-state index contributed by atoms with van der Waals surface area (Å²) in [6, 6.07) is -0.122. The second-order valence-electron chi connectivity index (χ2n) is 5.21. The van der Waals surface area contributed by atoms with Crippen molar-refractivity contribution >= 4 is 6.03 Å². The lowest BCUT2D eigenvalue weighted by molar-refractivity contribution is 0.103. The molecule has 0 atom stereocenters. The SMILES string of the molecule is CNC(=O)NC(C)(C)C(C)(C)C(C)C. The van der Waals surface area contributed by atoms with Gasteiger partial charge in [-0.2, -0.15) is 0 Å². The van der Waals surface area contributed by atoms with E-state index in [1.165, 1.54) is 0 Å². The fraction of sp³-hybridized carbons (Fsp3) is 0.909. The Balaban J connectivity index is 4.68. The van der Waals surface area contributed by atoms with Crippen LogP contribution in [0.1, 0.15) is 41.5 Å². The number of urea groups is 1. The molecular weight excluding hydrogens is 176 g/mol. The minimum absolute atomic E-state index is 0.0551. The first-order valence-corrected chi connectivity index (χ1v) is 5.15. The molecule has 0 saturated heterocycles. The lowest BCUT2D eigenvalue weighted by atomic mass is 9.67. The molecule has 0 unspecified atom stereocenters. The monoisotopic (exact) mass is 200 g/mol. The van der Waals surface area contributed by atoms with Crippen LogP contribution in [0, 0.1) is 11.3 Å². The van der Waals surface area contributed by atoms with Gasteiger partial charge < -0.3 is 10.6 Å². The Hall–Kier alpha value is -0.730. The lowest BCUT2D eigenvalue weighted by Gasteiger charge is -2.45. The minimum Gasteiger partial charge on any atom is -0.341 e. The van der Waals surface area contributed by atoms with Gasteiger partial charge in [0, 0.05) is 12.6 Å². The van der Waals surface area contributed by atoms with Crippen molar-refractivity contribution in [2.75, 3.05) is 7.05 Å². The lowest BCUT2D eigenvalue weighted by Crippen LogP contribution is -2.57. The highest BCUT2D eigenvalue weighted by Gasteiger charge is 2.40. The molecule has 84 valence electrons. The molecule has 0 rings (SSSR count). The summed E-state index contributed by atoms with van der Waals surface area (Å²) < 4.78 is 0. The van der Waals surface area contributed by atoms with Crippen LogP contribution in [0.3, 0.4) is 0 Å². The number of rotatable bonds is 3. The van der Waals surface area contributed by atoms with Crippen LogP contribution in [-0.4, -0.2) is 18.6 Å². The molecule has 0 radical (unpaired) electrons. The van der Waals surface area contributed by atoms with E-state index in [0.717, 1.165) is 0 Å². The van der Waals surface area contributed by atoms with Crippen LogP contribution >= 0.6 is 0 Å². The van der Waals surface area contributed by atoms with Crippen LogP contribution in [0.25, 0.3) is 0 Å². The molecule has 0 aliphatic carbocycles. The van der Waals surface area contributed by atoms with Crippen molar-refractivity contribution in [3.05, 3.63) is 0 Å². The molecule has 3 heteroatoms. The van der Waals surface area contributed by atoms with E-state index < -0.39 is 0 Å². The van der Waals surface area contributed by atoms with Gasteiger partial charge in [-0.25, -0.2) is 4.79 Å². The number of carbonyl (C=O) groups is 1. The van der Waals surface area contributed by atoms with Crippen LogP contribution < -0.4 is 10.6 Å². The van der Waals surface area contributed by atoms with Crippen LogP contribution in [0.4, 0.5) is 4.79 Å². The topological polar surface area (TPSA) is 41.1 Å². The molecule has 0 aromatic rings. The molecule has 2 amide bonds. The average molecular weight is 200 g/mol. The van der Waals surface area contributed by atoms with E-state index in [4.69, 9.17) is 0 Å². The molecule has 2 N–H and O–H groups in total. The Labute approximate surface area is 87.6 Å². The summed E-state index contributed by atoms with van der Waals surface area (Å²) in [7, 11) is 1.63. The maximum atomic E-state index is 11.3. The predicted molar refractivity (Wildman–Crippen MR) is 60.3 cm³/mol. The van der Waals surface area contributed by atoms with E-state index in [1.807, 2.05) is 0 Å². The number of hydrogen-bond acceptors (Lipinski definition) is 1. The summed E-state index contributed by atoms with van der Waals surface area (Å²) in [5.74, 6) is 0.509. The molecule has 0 aliphatic heterocycles. The van der Waals surface area contributed by atoms with Gasteiger partial charge in [0.15, 0.2) is 0 Å². The number of hydrogen-bond donors (Lipinski definition) is 2. The fourth-order valence-corrected chi connectivity index (χ4v) is 1.23. The Morgan fingerprint density at radius 2 is 1.57 bits per heavy atom. The van der Waals surface area contributed by atoms with Gasteiger partial charge in [0.25, 0.3) is 0 Å². The molecule has 0 fully saturated rings. The quantitative estimate of drug-likeness (QED) is 0.721. The van der Waals surface area contributed by atoms with Crippen LogP contribution in [0.5, 0.6) is 0 Å². The summed E-state index contributed by atoms with van der Waals surface area (Å²) in [6.07, 6.45) is 0. The van der Waals surface area contributed by atoms with Crippen molar-refractivity contribution in [3.8, 4) is 0 Å². The third kappa shape index (κ3) is 2.63. The summed E-state index contributed by atoms with van der Waals surface area (Å²) in [4.78, 5) is 11.3. The van der Waals surface area contributed by atoms with Gasteiger partial charge in [-0.15, -0.1) is 0 Å². The zero-order valence-electron chi connectivity index (χ0n) is 10.5. The Bertz CT molecular complexity index is 207. The maximum absolute atomic E-state index is 11.3. The first-order chi connectivity index (χ1) is 6.15. The molecule has 3 nitrogen and oxygen atoms in total. The summed E-state index contributed by atoms with van der Waals surface area (Å²) in [6.45, 7) is 12.8. The van der Waals surface area contributed by atoms with E-state index in [-0.39, 0.29) is 17.0 Å². The van der Waals surface area contributed by atoms with Gasteiger partial charge in [-0.1, -0.05) is 27.7 Å². The van der Waals surface area contributed by atoms with Crippen molar-refractivity contribution < 1.29 is 4.79 Å². The van der Waals surface area contributed by atoms with Crippen LogP contribution in [0.15, 0.2) is 0 Å². The van der Waals surface area contributed by atoms with Gasteiger partial charge in [0.1, 0.15) is 0 Å². The zero-order valence-corrected chi connectivity index (χ0v) is 10.5. The highest BCUT2D eigenvalue weighted by molar-refractivity contribution is 5.74. The van der Waals surface area contributed by atoms with Crippen LogP contribution in [0.2, 0.25) is 0 Å². The van der Waals surface area contributed by atoms with E-state index in [9.17, 15) is 4.79 Å². The van der Waals surface area contributed by atoms with Crippen LogP contribution in [-0.2, 0) is 0 Å². The highest BCUT2D eigenvalue weighted by atomic mass is 16.2. The van der Waals surface area contributed by atoms with Crippen molar-refractivity contribution in [1.82, 2.24) is 10.6 Å². The largest absolute Gasteiger partial charge is 0.341 e. The van der Waals surface area contributed by atoms with Gasteiger partial charge in [-0.3, -0.25) is 0 Å². The Morgan fingerprint density at radius 3 is 1.86 bits per heavy atom. The van der Waals surface area contributed by atoms with Crippen molar-refractivity contribution in [3.63, 3.8) is 0 Å². The molecular formula is C11H24N2O. The summed E-state index contributed by atoms with van der Waals surface area (Å²) in [5, 5.41) is 5.56. The van der Waals surface area contributed by atoms with Gasteiger partial charge in [0.2, 0.25) is 0 Å². The van der Waals surface area contributed by atoms with Crippen molar-refractivity contribution in [2.45, 2.75) is 47.1 Å². The molecule has 0 saturated carbocycles. The van der Waals surface area contributed by atoms with Gasteiger partial charge >= 0.3 is 6.03 Å². The van der Waals surface area contributed by atoms with Crippen molar-refractivity contribution in [1.29, 1.82) is 0 Å². The third-order valence-corrected chi connectivity index (χ3v) is 3.71. The predicted octanol–water partition coefficient (Wildman–Crippen LogP) is 2.38. The minimum atomic E-state index is -0.221. The van der Waals surface area contributed by atoms with Gasteiger partial charge in [-0.05, 0) is 25.2 Å². The summed E-state index contributed by atoms with van der Waals surface area (Å²) >= 11 is 0.